The standard InChI is InChI=1S/C19H14F3NO2S/c20-19(21,22)15-6-2-4-8-17(15)25-16-7-3-1-5-13(16)11-14(24)12-18-23-9-10-26-18/h1-10H,11-12H2. The molecule has 0 atom stereocenters. The van der Waals surface area contributed by atoms with Gasteiger partial charge in [-0.05, 0) is 18.2 Å². The van der Waals surface area contributed by atoms with E-state index in [4.69, 9.17) is 4.74 Å². The number of thiazole rings is 1. The maximum atomic E-state index is 13.1. The predicted octanol–water partition coefficient (Wildman–Crippen LogP) is 5.31. The van der Waals surface area contributed by atoms with Gasteiger partial charge in [0, 0.05) is 23.6 Å². The molecular formula is C19H14F3NO2S. The zero-order valence-corrected chi connectivity index (χ0v) is 14.3. The van der Waals surface area contributed by atoms with Crippen LogP contribution in [0.2, 0.25) is 0 Å². The van der Waals surface area contributed by atoms with E-state index in [2.05, 4.69) is 4.98 Å². The van der Waals surface area contributed by atoms with Crippen molar-refractivity contribution in [2.24, 2.45) is 0 Å². The summed E-state index contributed by atoms with van der Waals surface area (Å²) in [6.07, 6.45) is -2.65. The first kappa shape index (κ1) is 18.1. The second-order valence-electron chi connectivity index (χ2n) is 5.52. The van der Waals surface area contributed by atoms with Crippen LogP contribution in [-0.4, -0.2) is 10.8 Å². The molecule has 1 aromatic heterocycles. The highest BCUT2D eigenvalue weighted by Crippen LogP contribution is 2.38. The van der Waals surface area contributed by atoms with E-state index in [1.54, 1.807) is 35.8 Å². The maximum absolute atomic E-state index is 13.1. The maximum Gasteiger partial charge on any atom is 0.419 e. The molecule has 0 bridgehead atoms. The summed E-state index contributed by atoms with van der Waals surface area (Å²) in [4.78, 5) is 16.3. The second kappa shape index (κ2) is 7.70. The fourth-order valence-electron chi connectivity index (χ4n) is 2.44. The van der Waals surface area contributed by atoms with Crippen LogP contribution >= 0.6 is 11.3 Å². The number of para-hydroxylation sites is 2. The quantitative estimate of drug-likeness (QED) is 0.584. The third kappa shape index (κ3) is 4.49. The molecule has 0 aliphatic rings. The number of benzene rings is 2. The summed E-state index contributed by atoms with van der Waals surface area (Å²) >= 11 is 1.39. The molecule has 0 unspecified atom stereocenters. The average molecular weight is 377 g/mol. The number of alkyl halides is 3. The Balaban J connectivity index is 1.81. The summed E-state index contributed by atoms with van der Waals surface area (Å²) in [5, 5.41) is 2.49. The van der Waals surface area contributed by atoms with Crippen molar-refractivity contribution in [1.29, 1.82) is 0 Å². The van der Waals surface area contributed by atoms with Crippen molar-refractivity contribution in [3.63, 3.8) is 0 Å². The first-order valence-corrected chi connectivity index (χ1v) is 8.63. The molecular weight excluding hydrogens is 363 g/mol. The minimum absolute atomic E-state index is 0.0595. The molecule has 26 heavy (non-hydrogen) atoms. The van der Waals surface area contributed by atoms with Crippen LogP contribution in [0.25, 0.3) is 0 Å². The molecule has 7 heteroatoms. The number of carbonyl (C=O) groups is 1. The Morgan fingerprint density at radius 3 is 2.38 bits per heavy atom. The lowest BCUT2D eigenvalue weighted by atomic mass is 10.1. The molecule has 0 saturated heterocycles. The number of Topliss-reactive ketones (excluding diaryl/α,β-unsaturated/α-hetero) is 1. The first-order valence-electron chi connectivity index (χ1n) is 7.75. The van der Waals surface area contributed by atoms with Gasteiger partial charge in [0.05, 0.1) is 17.0 Å². The van der Waals surface area contributed by atoms with Gasteiger partial charge in [0.1, 0.15) is 17.3 Å². The van der Waals surface area contributed by atoms with Crippen molar-refractivity contribution < 1.29 is 22.7 Å². The number of hydrogen-bond donors (Lipinski definition) is 0. The Morgan fingerprint density at radius 1 is 1.00 bits per heavy atom. The number of rotatable bonds is 6. The molecule has 0 aliphatic carbocycles. The SMILES string of the molecule is O=C(Cc1nccs1)Cc1ccccc1Oc1ccccc1C(F)(F)F. The van der Waals surface area contributed by atoms with E-state index in [0.29, 0.717) is 10.6 Å². The van der Waals surface area contributed by atoms with Crippen LogP contribution in [0, 0.1) is 0 Å². The van der Waals surface area contributed by atoms with Gasteiger partial charge in [-0.1, -0.05) is 30.3 Å². The molecule has 0 N–H and O–H groups in total. The Labute approximate surface area is 152 Å². The van der Waals surface area contributed by atoms with E-state index in [1.807, 2.05) is 0 Å². The molecule has 2 aromatic carbocycles. The largest absolute Gasteiger partial charge is 0.456 e. The normalized spacial score (nSPS) is 11.3. The van der Waals surface area contributed by atoms with Crippen LogP contribution in [0.1, 0.15) is 16.1 Å². The second-order valence-corrected chi connectivity index (χ2v) is 6.50. The molecule has 1 heterocycles. The topological polar surface area (TPSA) is 39.2 Å². The third-order valence-corrected chi connectivity index (χ3v) is 4.38. The van der Waals surface area contributed by atoms with E-state index < -0.39 is 11.7 Å². The fraction of sp³-hybridized carbons (Fsp3) is 0.158. The van der Waals surface area contributed by atoms with Gasteiger partial charge in [-0.25, -0.2) is 4.98 Å². The van der Waals surface area contributed by atoms with Crippen LogP contribution in [0.5, 0.6) is 11.5 Å². The number of nitrogens with zero attached hydrogens (tertiary/aromatic N) is 1. The van der Waals surface area contributed by atoms with Crippen molar-refractivity contribution in [1.82, 2.24) is 4.98 Å². The minimum atomic E-state index is -4.52. The van der Waals surface area contributed by atoms with E-state index in [-0.39, 0.29) is 30.1 Å². The third-order valence-electron chi connectivity index (χ3n) is 3.60. The van der Waals surface area contributed by atoms with Gasteiger partial charge in [-0.3, -0.25) is 4.79 Å². The van der Waals surface area contributed by atoms with Crippen LogP contribution in [-0.2, 0) is 23.8 Å². The van der Waals surface area contributed by atoms with Crippen LogP contribution in [0.15, 0.2) is 60.1 Å². The van der Waals surface area contributed by atoms with Crippen molar-refractivity contribution in [3.05, 3.63) is 76.2 Å². The van der Waals surface area contributed by atoms with Crippen LogP contribution < -0.4 is 4.74 Å². The molecule has 134 valence electrons. The summed E-state index contributed by atoms with van der Waals surface area (Å²) in [5.41, 5.74) is -0.324. The Hall–Kier alpha value is -2.67. The summed E-state index contributed by atoms with van der Waals surface area (Å²) in [6, 6.07) is 11.6. The number of hydrogen-bond acceptors (Lipinski definition) is 4. The summed E-state index contributed by atoms with van der Waals surface area (Å²) in [5.74, 6) is -0.142. The average Bonchev–Trinajstić information content (AvgIpc) is 3.09. The van der Waals surface area contributed by atoms with Crippen molar-refractivity contribution in [3.8, 4) is 11.5 Å². The smallest absolute Gasteiger partial charge is 0.419 e. The van der Waals surface area contributed by atoms with Gasteiger partial charge < -0.3 is 4.74 Å². The van der Waals surface area contributed by atoms with Crippen LogP contribution in [0.3, 0.4) is 0 Å². The molecule has 0 aliphatic heterocycles. The van der Waals surface area contributed by atoms with Gasteiger partial charge in [0.15, 0.2) is 0 Å². The number of ketones is 1. The van der Waals surface area contributed by atoms with E-state index >= 15 is 0 Å². The molecule has 0 amide bonds. The number of aromatic nitrogens is 1. The Kier molecular flexibility index (Phi) is 5.37. The van der Waals surface area contributed by atoms with Gasteiger partial charge in [0.25, 0.3) is 0 Å². The molecule has 3 rings (SSSR count). The van der Waals surface area contributed by atoms with Crippen LogP contribution in [0.4, 0.5) is 13.2 Å². The van der Waals surface area contributed by atoms with Crippen molar-refractivity contribution in [2.45, 2.75) is 19.0 Å². The molecule has 3 nitrogen and oxygen atoms in total. The zero-order chi connectivity index (χ0) is 18.6. The highest BCUT2D eigenvalue weighted by Gasteiger charge is 2.34. The van der Waals surface area contributed by atoms with Crippen molar-refractivity contribution >= 4 is 17.1 Å². The summed E-state index contributed by atoms with van der Waals surface area (Å²) in [7, 11) is 0. The Bertz CT molecular complexity index is 892. The van der Waals surface area contributed by atoms with Gasteiger partial charge in [-0.2, -0.15) is 13.2 Å². The van der Waals surface area contributed by atoms with E-state index in [1.165, 1.54) is 29.5 Å². The highest BCUT2D eigenvalue weighted by atomic mass is 32.1. The lowest BCUT2D eigenvalue weighted by Crippen LogP contribution is -2.09. The molecule has 0 saturated carbocycles. The van der Waals surface area contributed by atoms with Gasteiger partial charge in [-0.15, -0.1) is 11.3 Å². The van der Waals surface area contributed by atoms with Crippen molar-refractivity contribution in [2.75, 3.05) is 0 Å². The fourth-order valence-corrected chi connectivity index (χ4v) is 3.09. The highest BCUT2D eigenvalue weighted by molar-refractivity contribution is 7.09. The summed E-state index contributed by atoms with van der Waals surface area (Å²) in [6.45, 7) is 0. The van der Waals surface area contributed by atoms with E-state index in [9.17, 15) is 18.0 Å². The lowest BCUT2D eigenvalue weighted by molar-refractivity contribution is -0.138. The first-order chi connectivity index (χ1) is 12.4. The number of halogens is 3. The molecule has 0 radical (unpaired) electrons. The van der Waals surface area contributed by atoms with E-state index in [0.717, 1.165) is 6.07 Å². The monoisotopic (exact) mass is 377 g/mol. The predicted molar refractivity (Wildman–Crippen MR) is 92.5 cm³/mol. The lowest BCUT2D eigenvalue weighted by Gasteiger charge is -2.15. The zero-order valence-electron chi connectivity index (χ0n) is 13.5. The van der Waals surface area contributed by atoms with Gasteiger partial charge >= 0.3 is 6.18 Å². The Morgan fingerprint density at radius 2 is 1.69 bits per heavy atom. The molecule has 0 fully saturated rings. The molecule has 0 spiro atoms. The minimum Gasteiger partial charge on any atom is -0.456 e. The van der Waals surface area contributed by atoms with Gasteiger partial charge in [0.2, 0.25) is 0 Å². The summed E-state index contributed by atoms with van der Waals surface area (Å²) < 4.78 is 44.9. The molecule has 3 aromatic rings. The number of carbonyl (C=O) groups excluding carboxylic acids is 1. The number of ether oxygens (including phenoxy) is 1.